The summed E-state index contributed by atoms with van der Waals surface area (Å²) in [6, 6.07) is 11.3. The summed E-state index contributed by atoms with van der Waals surface area (Å²) in [5.41, 5.74) is 7.55. The average molecular weight is 315 g/mol. The Morgan fingerprint density at radius 1 is 1.12 bits per heavy atom. The molecule has 0 bridgehead atoms. The van der Waals surface area contributed by atoms with E-state index in [1.165, 1.54) is 18.2 Å². The normalized spacial score (nSPS) is 12.5. The third-order valence-corrected chi connectivity index (χ3v) is 3.40. The summed E-state index contributed by atoms with van der Waals surface area (Å²) in [6.07, 6.45) is 0. The van der Waals surface area contributed by atoms with Crippen molar-refractivity contribution in [2.45, 2.75) is 6.04 Å². The minimum atomic E-state index is -0.425. The second-order valence-electron chi connectivity index (χ2n) is 3.70. The zero-order valence-corrected chi connectivity index (χ0v) is 11.2. The van der Waals surface area contributed by atoms with Crippen LogP contribution in [0.2, 0.25) is 5.02 Å². The van der Waals surface area contributed by atoms with Gasteiger partial charge >= 0.3 is 0 Å². The number of nitrogens with two attached hydrogens (primary N) is 1. The van der Waals surface area contributed by atoms with Crippen molar-refractivity contribution in [3.05, 3.63) is 68.9 Å². The molecule has 2 aromatic rings. The number of benzene rings is 2. The molecule has 17 heavy (non-hydrogen) atoms. The van der Waals surface area contributed by atoms with Gasteiger partial charge in [-0.05, 0) is 41.5 Å². The molecule has 4 heteroatoms. The van der Waals surface area contributed by atoms with Crippen LogP contribution in [0.25, 0.3) is 0 Å². The molecule has 2 N–H and O–H groups in total. The van der Waals surface area contributed by atoms with Crippen molar-refractivity contribution in [3.8, 4) is 0 Å². The van der Waals surface area contributed by atoms with Crippen molar-refractivity contribution in [1.82, 2.24) is 0 Å². The molecule has 1 atom stereocenters. The van der Waals surface area contributed by atoms with Gasteiger partial charge in [-0.3, -0.25) is 0 Å². The first-order valence-electron chi connectivity index (χ1n) is 5.04. The Hall–Kier alpha value is -0.900. The van der Waals surface area contributed by atoms with Crippen molar-refractivity contribution in [3.63, 3.8) is 0 Å². The highest BCUT2D eigenvalue weighted by molar-refractivity contribution is 9.10. The molecule has 0 radical (unpaired) electrons. The van der Waals surface area contributed by atoms with E-state index in [4.69, 9.17) is 17.3 Å². The van der Waals surface area contributed by atoms with E-state index in [1.807, 2.05) is 24.3 Å². The third-order valence-electron chi connectivity index (χ3n) is 2.52. The molecule has 0 saturated heterocycles. The van der Waals surface area contributed by atoms with E-state index in [9.17, 15) is 4.39 Å². The molecule has 0 heterocycles. The van der Waals surface area contributed by atoms with Crippen LogP contribution in [0, 0.1) is 5.82 Å². The van der Waals surface area contributed by atoms with Crippen LogP contribution in [0.1, 0.15) is 17.2 Å². The zero-order chi connectivity index (χ0) is 12.4. The summed E-state index contributed by atoms with van der Waals surface area (Å²) in [7, 11) is 0. The van der Waals surface area contributed by atoms with Crippen LogP contribution in [0.3, 0.4) is 0 Å². The highest BCUT2D eigenvalue weighted by Gasteiger charge is 2.13. The van der Waals surface area contributed by atoms with E-state index in [0.717, 1.165) is 10.0 Å². The number of hydrogen-bond donors (Lipinski definition) is 1. The first kappa shape index (κ1) is 12.6. The second-order valence-corrected chi connectivity index (χ2v) is 5.02. The van der Waals surface area contributed by atoms with Crippen LogP contribution in [0.15, 0.2) is 46.9 Å². The first-order chi connectivity index (χ1) is 8.08. The maximum Gasteiger partial charge on any atom is 0.123 e. The molecule has 2 aromatic carbocycles. The van der Waals surface area contributed by atoms with Gasteiger partial charge < -0.3 is 5.73 Å². The largest absolute Gasteiger partial charge is 0.320 e. The second kappa shape index (κ2) is 5.17. The number of hydrogen-bond acceptors (Lipinski definition) is 1. The Balaban J connectivity index is 2.39. The summed E-state index contributed by atoms with van der Waals surface area (Å²) in [5.74, 6) is -0.336. The maximum absolute atomic E-state index is 13.2. The Kier molecular flexibility index (Phi) is 3.82. The molecule has 1 nitrogen and oxygen atoms in total. The Labute approximate surface area is 113 Å². The summed E-state index contributed by atoms with van der Waals surface area (Å²) >= 11 is 9.37. The third kappa shape index (κ3) is 2.86. The molecular weight excluding hydrogens is 305 g/mol. The van der Waals surface area contributed by atoms with Crippen LogP contribution in [0.4, 0.5) is 4.39 Å². The van der Waals surface area contributed by atoms with Crippen LogP contribution in [-0.2, 0) is 0 Å². The fraction of sp³-hybridized carbons (Fsp3) is 0.0769. The fourth-order valence-corrected chi connectivity index (χ4v) is 2.10. The average Bonchev–Trinajstić information content (AvgIpc) is 2.32. The van der Waals surface area contributed by atoms with Gasteiger partial charge in [0.25, 0.3) is 0 Å². The predicted molar refractivity (Wildman–Crippen MR) is 71.6 cm³/mol. The number of halogens is 3. The summed E-state index contributed by atoms with van der Waals surface area (Å²) < 4.78 is 14.1. The maximum atomic E-state index is 13.2. The smallest absolute Gasteiger partial charge is 0.123 e. The summed E-state index contributed by atoms with van der Waals surface area (Å²) in [5, 5.41) is 0.474. The summed E-state index contributed by atoms with van der Waals surface area (Å²) in [4.78, 5) is 0. The standard InChI is InChI=1S/C13H10BrClFN/c14-9-3-1-8(2-4-9)13(17)11-7-10(16)5-6-12(11)15/h1-7,13H,17H2. The lowest BCUT2D eigenvalue weighted by Crippen LogP contribution is -2.12. The van der Waals surface area contributed by atoms with Gasteiger partial charge in [-0.2, -0.15) is 0 Å². The minimum absolute atomic E-state index is 0.336. The van der Waals surface area contributed by atoms with Gasteiger partial charge in [-0.1, -0.05) is 39.7 Å². The highest BCUT2D eigenvalue weighted by Crippen LogP contribution is 2.27. The van der Waals surface area contributed by atoms with E-state index >= 15 is 0 Å². The van der Waals surface area contributed by atoms with Crippen LogP contribution in [-0.4, -0.2) is 0 Å². The van der Waals surface area contributed by atoms with Gasteiger partial charge in [-0.15, -0.1) is 0 Å². The molecule has 88 valence electrons. The molecule has 0 aliphatic heterocycles. The Morgan fingerprint density at radius 2 is 1.76 bits per heavy atom. The van der Waals surface area contributed by atoms with Gasteiger partial charge in [0.2, 0.25) is 0 Å². The van der Waals surface area contributed by atoms with Crippen molar-refractivity contribution in [2.75, 3.05) is 0 Å². The molecule has 0 aromatic heterocycles. The van der Waals surface area contributed by atoms with Crippen molar-refractivity contribution < 1.29 is 4.39 Å². The lowest BCUT2D eigenvalue weighted by Gasteiger charge is -2.14. The molecule has 0 fully saturated rings. The van der Waals surface area contributed by atoms with Gasteiger partial charge in [0, 0.05) is 9.50 Å². The molecule has 0 saturated carbocycles. The van der Waals surface area contributed by atoms with Gasteiger partial charge in [0.05, 0.1) is 6.04 Å². The molecule has 0 spiro atoms. The number of rotatable bonds is 2. The van der Waals surface area contributed by atoms with E-state index in [1.54, 1.807) is 0 Å². The monoisotopic (exact) mass is 313 g/mol. The van der Waals surface area contributed by atoms with Crippen LogP contribution >= 0.6 is 27.5 Å². The molecule has 0 amide bonds. The highest BCUT2D eigenvalue weighted by atomic mass is 79.9. The predicted octanol–water partition coefficient (Wildman–Crippen LogP) is 4.29. The van der Waals surface area contributed by atoms with Crippen molar-refractivity contribution >= 4 is 27.5 Å². The quantitative estimate of drug-likeness (QED) is 0.879. The molecule has 0 aliphatic carbocycles. The van der Waals surface area contributed by atoms with Gasteiger partial charge in [0.1, 0.15) is 5.82 Å². The fourth-order valence-electron chi connectivity index (χ4n) is 1.60. The van der Waals surface area contributed by atoms with Gasteiger partial charge in [0.15, 0.2) is 0 Å². The molecular formula is C13H10BrClFN. The SMILES string of the molecule is NC(c1ccc(Br)cc1)c1cc(F)ccc1Cl. The zero-order valence-electron chi connectivity index (χ0n) is 8.83. The van der Waals surface area contributed by atoms with E-state index < -0.39 is 6.04 Å². The molecule has 0 aliphatic rings. The lowest BCUT2D eigenvalue weighted by molar-refractivity contribution is 0.623. The molecule has 1 unspecified atom stereocenters. The van der Waals surface area contributed by atoms with Gasteiger partial charge in [-0.25, -0.2) is 4.39 Å². The van der Waals surface area contributed by atoms with Crippen molar-refractivity contribution in [1.29, 1.82) is 0 Å². The minimum Gasteiger partial charge on any atom is -0.320 e. The summed E-state index contributed by atoms with van der Waals surface area (Å²) in [6.45, 7) is 0. The molecule has 2 rings (SSSR count). The topological polar surface area (TPSA) is 26.0 Å². The Morgan fingerprint density at radius 3 is 2.41 bits per heavy atom. The van der Waals surface area contributed by atoms with E-state index in [0.29, 0.717) is 10.6 Å². The lowest BCUT2D eigenvalue weighted by atomic mass is 9.99. The van der Waals surface area contributed by atoms with Crippen LogP contribution in [0.5, 0.6) is 0 Å². The Bertz CT molecular complexity index is 527. The first-order valence-corrected chi connectivity index (χ1v) is 6.21. The van der Waals surface area contributed by atoms with E-state index in [-0.39, 0.29) is 5.82 Å². The van der Waals surface area contributed by atoms with E-state index in [2.05, 4.69) is 15.9 Å². The van der Waals surface area contributed by atoms with Crippen molar-refractivity contribution in [2.24, 2.45) is 5.73 Å². The van der Waals surface area contributed by atoms with Crippen LogP contribution < -0.4 is 5.73 Å².